The third-order valence-electron chi connectivity index (χ3n) is 4.29. The number of aryl methyl sites for hydroxylation is 2. The molecule has 0 aromatic heterocycles. The number of hydrogen-bond donors (Lipinski definition) is 2. The Hall–Kier alpha value is -2.04. The molecule has 1 aromatic rings. The predicted octanol–water partition coefficient (Wildman–Crippen LogP) is 3.07. The van der Waals surface area contributed by atoms with E-state index in [9.17, 15) is 9.59 Å². The van der Waals surface area contributed by atoms with Gasteiger partial charge in [-0.2, -0.15) is 0 Å². The van der Waals surface area contributed by atoms with Gasteiger partial charge in [0.25, 0.3) is 0 Å². The van der Waals surface area contributed by atoms with Crippen LogP contribution >= 0.6 is 0 Å². The van der Waals surface area contributed by atoms with Gasteiger partial charge in [-0.25, -0.2) is 4.79 Å². The van der Waals surface area contributed by atoms with Crippen LogP contribution in [0.2, 0.25) is 0 Å². The summed E-state index contributed by atoms with van der Waals surface area (Å²) in [5.74, 6) is 0.0309. The van der Waals surface area contributed by atoms with Crippen LogP contribution in [0.15, 0.2) is 18.2 Å². The highest BCUT2D eigenvalue weighted by Gasteiger charge is 2.27. The largest absolute Gasteiger partial charge is 0.336 e. The lowest BCUT2D eigenvalue weighted by Crippen LogP contribution is -2.47. The number of nitrogens with zero attached hydrogens (tertiary/aromatic N) is 1. The number of para-hydroxylation sites is 1. The molecule has 2 rings (SSSR count). The van der Waals surface area contributed by atoms with Gasteiger partial charge in [0.05, 0.1) is 0 Å². The van der Waals surface area contributed by atoms with Crippen molar-refractivity contribution in [1.82, 2.24) is 10.2 Å². The first-order valence-corrected chi connectivity index (χ1v) is 8.31. The minimum absolute atomic E-state index is 0.0305. The molecule has 1 saturated heterocycles. The number of carbonyl (C=O) groups excluding carboxylic acids is 2. The summed E-state index contributed by atoms with van der Waals surface area (Å²) in [7, 11) is 0. The van der Waals surface area contributed by atoms with Gasteiger partial charge in [-0.3, -0.25) is 4.79 Å². The lowest BCUT2D eigenvalue weighted by atomic mass is 9.95. The zero-order valence-electron chi connectivity index (χ0n) is 14.5. The van der Waals surface area contributed by atoms with E-state index in [0.29, 0.717) is 25.9 Å². The number of hydrogen-bond acceptors (Lipinski definition) is 2. The van der Waals surface area contributed by atoms with Gasteiger partial charge < -0.3 is 15.5 Å². The normalized spacial score (nSPS) is 15.6. The Kier molecular flexibility index (Phi) is 5.64. The van der Waals surface area contributed by atoms with E-state index in [1.807, 2.05) is 45.9 Å². The first-order chi connectivity index (χ1) is 10.9. The second-order valence-corrected chi connectivity index (χ2v) is 6.62. The lowest BCUT2D eigenvalue weighted by Gasteiger charge is -2.32. The van der Waals surface area contributed by atoms with Crippen molar-refractivity contribution in [1.29, 1.82) is 0 Å². The maximum Gasteiger partial charge on any atom is 0.317 e. The van der Waals surface area contributed by atoms with Crippen molar-refractivity contribution in [3.63, 3.8) is 0 Å². The Morgan fingerprint density at radius 3 is 2.22 bits per heavy atom. The molecule has 5 heteroatoms. The highest BCUT2D eigenvalue weighted by atomic mass is 16.2. The molecule has 0 unspecified atom stereocenters. The van der Waals surface area contributed by atoms with E-state index in [2.05, 4.69) is 10.6 Å². The van der Waals surface area contributed by atoms with Crippen LogP contribution < -0.4 is 10.6 Å². The maximum atomic E-state index is 12.5. The quantitative estimate of drug-likeness (QED) is 0.900. The van der Waals surface area contributed by atoms with Crippen molar-refractivity contribution in [2.75, 3.05) is 18.4 Å². The third kappa shape index (κ3) is 4.47. The summed E-state index contributed by atoms with van der Waals surface area (Å²) < 4.78 is 0. The topological polar surface area (TPSA) is 61.4 Å². The molecule has 1 aromatic carbocycles. The van der Waals surface area contributed by atoms with Gasteiger partial charge in [0, 0.05) is 30.7 Å². The molecule has 1 fully saturated rings. The molecular weight excluding hydrogens is 290 g/mol. The molecule has 23 heavy (non-hydrogen) atoms. The zero-order chi connectivity index (χ0) is 17.0. The summed E-state index contributed by atoms with van der Waals surface area (Å²) in [4.78, 5) is 26.3. The SMILES string of the molecule is Cc1cccc(C)c1NC(=O)C1CCN(C(=O)NC(C)C)CC1. The summed E-state index contributed by atoms with van der Waals surface area (Å²) in [6, 6.07) is 6.09. The highest BCUT2D eigenvalue weighted by molar-refractivity contribution is 5.94. The van der Waals surface area contributed by atoms with Crippen LogP contribution in [0.5, 0.6) is 0 Å². The van der Waals surface area contributed by atoms with Gasteiger partial charge in [0.2, 0.25) is 5.91 Å². The third-order valence-corrected chi connectivity index (χ3v) is 4.29. The second kappa shape index (κ2) is 7.49. The summed E-state index contributed by atoms with van der Waals surface area (Å²) in [5.41, 5.74) is 3.07. The van der Waals surface area contributed by atoms with Crippen molar-refractivity contribution in [2.24, 2.45) is 5.92 Å². The standard InChI is InChI=1S/C18H27N3O2/c1-12(2)19-18(23)21-10-8-15(9-11-21)17(22)20-16-13(3)6-5-7-14(16)4/h5-7,12,15H,8-11H2,1-4H3,(H,19,23)(H,20,22). The number of piperidine rings is 1. The van der Waals surface area contributed by atoms with Crippen LogP contribution in [0.4, 0.5) is 10.5 Å². The van der Waals surface area contributed by atoms with Gasteiger partial charge in [0.15, 0.2) is 0 Å². The molecule has 0 bridgehead atoms. The van der Waals surface area contributed by atoms with Crippen molar-refractivity contribution in [3.8, 4) is 0 Å². The summed E-state index contributed by atoms with van der Waals surface area (Å²) in [5, 5.41) is 5.96. The molecular formula is C18H27N3O2. The van der Waals surface area contributed by atoms with Crippen LogP contribution in [0.3, 0.4) is 0 Å². The molecule has 0 saturated carbocycles. The van der Waals surface area contributed by atoms with E-state index >= 15 is 0 Å². The Labute approximate surface area is 138 Å². The van der Waals surface area contributed by atoms with Crippen LogP contribution in [-0.4, -0.2) is 36.0 Å². The second-order valence-electron chi connectivity index (χ2n) is 6.62. The highest BCUT2D eigenvalue weighted by Crippen LogP contribution is 2.23. The summed E-state index contributed by atoms with van der Waals surface area (Å²) >= 11 is 0. The number of nitrogens with one attached hydrogen (secondary N) is 2. The predicted molar refractivity (Wildman–Crippen MR) is 92.5 cm³/mol. The molecule has 0 radical (unpaired) electrons. The molecule has 5 nitrogen and oxygen atoms in total. The lowest BCUT2D eigenvalue weighted by molar-refractivity contribution is -0.121. The molecule has 1 heterocycles. The number of urea groups is 1. The minimum atomic E-state index is -0.0337. The molecule has 3 amide bonds. The average molecular weight is 317 g/mol. The Bertz CT molecular complexity index is 555. The number of benzene rings is 1. The number of rotatable bonds is 3. The first kappa shape index (κ1) is 17.3. The summed E-state index contributed by atoms with van der Waals surface area (Å²) in [6.07, 6.45) is 1.42. The number of carbonyl (C=O) groups is 2. The van der Waals surface area contributed by atoms with E-state index < -0.39 is 0 Å². The molecule has 0 spiro atoms. The van der Waals surface area contributed by atoms with E-state index in [0.717, 1.165) is 16.8 Å². The Morgan fingerprint density at radius 2 is 1.70 bits per heavy atom. The van der Waals surface area contributed by atoms with Gasteiger partial charge in [-0.15, -0.1) is 0 Å². The molecule has 1 aliphatic heterocycles. The molecule has 1 aliphatic rings. The first-order valence-electron chi connectivity index (χ1n) is 8.31. The fourth-order valence-electron chi connectivity index (χ4n) is 2.92. The van der Waals surface area contributed by atoms with Gasteiger partial charge >= 0.3 is 6.03 Å². The van der Waals surface area contributed by atoms with Crippen LogP contribution in [0.1, 0.15) is 37.8 Å². The van der Waals surface area contributed by atoms with E-state index in [1.54, 1.807) is 4.90 Å². The molecule has 0 aliphatic carbocycles. The van der Waals surface area contributed by atoms with Crippen LogP contribution in [0, 0.1) is 19.8 Å². The van der Waals surface area contributed by atoms with E-state index in [1.165, 1.54) is 0 Å². The Balaban J connectivity index is 1.90. The molecule has 2 N–H and O–H groups in total. The maximum absolute atomic E-state index is 12.5. The minimum Gasteiger partial charge on any atom is -0.336 e. The van der Waals surface area contributed by atoms with Crippen molar-refractivity contribution in [2.45, 2.75) is 46.6 Å². The van der Waals surface area contributed by atoms with E-state index in [-0.39, 0.29) is 23.9 Å². The fraction of sp³-hybridized carbons (Fsp3) is 0.556. The molecule has 0 atom stereocenters. The number of anilines is 1. The van der Waals surface area contributed by atoms with Gasteiger partial charge in [0.1, 0.15) is 0 Å². The number of amides is 3. The smallest absolute Gasteiger partial charge is 0.317 e. The summed E-state index contributed by atoms with van der Waals surface area (Å²) in [6.45, 7) is 9.15. The average Bonchev–Trinajstić information content (AvgIpc) is 2.50. The van der Waals surface area contributed by atoms with Gasteiger partial charge in [-0.05, 0) is 51.7 Å². The van der Waals surface area contributed by atoms with Crippen molar-refractivity contribution >= 4 is 17.6 Å². The van der Waals surface area contributed by atoms with Crippen LogP contribution in [0.25, 0.3) is 0 Å². The van der Waals surface area contributed by atoms with E-state index in [4.69, 9.17) is 0 Å². The number of likely N-dealkylation sites (tertiary alicyclic amines) is 1. The van der Waals surface area contributed by atoms with Gasteiger partial charge in [-0.1, -0.05) is 18.2 Å². The van der Waals surface area contributed by atoms with Crippen molar-refractivity contribution in [3.05, 3.63) is 29.3 Å². The Morgan fingerprint density at radius 1 is 1.13 bits per heavy atom. The van der Waals surface area contributed by atoms with Crippen LogP contribution in [-0.2, 0) is 4.79 Å². The monoisotopic (exact) mass is 317 g/mol. The zero-order valence-corrected chi connectivity index (χ0v) is 14.5. The van der Waals surface area contributed by atoms with Crippen molar-refractivity contribution < 1.29 is 9.59 Å². The fourth-order valence-corrected chi connectivity index (χ4v) is 2.92. The molecule has 126 valence electrons.